The van der Waals surface area contributed by atoms with Crippen molar-refractivity contribution in [3.05, 3.63) is 23.8 Å². The average Bonchev–Trinajstić information content (AvgIpc) is 2.59. The molecule has 25 heavy (non-hydrogen) atoms. The van der Waals surface area contributed by atoms with Crippen molar-refractivity contribution >= 4 is 5.91 Å². The van der Waals surface area contributed by atoms with Crippen molar-refractivity contribution in [3.8, 4) is 11.5 Å². The molecule has 2 saturated heterocycles. The fourth-order valence-electron chi connectivity index (χ4n) is 4.03. The van der Waals surface area contributed by atoms with Crippen molar-refractivity contribution in [2.75, 3.05) is 53.6 Å². The van der Waals surface area contributed by atoms with Gasteiger partial charge in [0.25, 0.3) is 5.91 Å². The van der Waals surface area contributed by atoms with Crippen LogP contribution >= 0.6 is 0 Å². The Hall–Kier alpha value is -1.79. The van der Waals surface area contributed by atoms with Crippen LogP contribution in [0.1, 0.15) is 23.2 Å². The molecule has 0 aromatic heterocycles. The highest BCUT2D eigenvalue weighted by atomic mass is 16.6. The van der Waals surface area contributed by atoms with Crippen molar-refractivity contribution in [3.63, 3.8) is 0 Å². The summed E-state index contributed by atoms with van der Waals surface area (Å²) in [6.07, 6.45) is 2.19. The number of para-hydroxylation sites is 1. The first-order chi connectivity index (χ1) is 12.1. The van der Waals surface area contributed by atoms with Gasteiger partial charge in [0.1, 0.15) is 18.8 Å². The van der Waals surface area contributed by atoms with Crippen molar-refractivity contribution in [1.82, 2.24) is 9.80 Å². The molecule has 1 aromatic carbocycles. The van der Waals surface area contributed by atoms with Crippen LogP contribution in [0.4, 0.5) is 0 Å². The molecule has 136 valence electrons. The zero-order valence-corrected chi connectivity index (χ0v) is 15.0. The minimum atomic E-state index is -0.134. The number of ether oxygens (including phenoxy) is 3. The highest BCUT2D eigenvalue weighted by Gasteiger charge is 2.49. The maximum Gasteiger partial charge on any atom is 0.257 e. The number of rotatable bonds is 3. The van der Waals surface area contributed by atoms with Crippen LogP contribution in [0.3, 0.4) is 0 Å². The zero-order valence-electron chi connectivity index (χ0n) is 15.0. The molecule has 6 heteroatoms. The number of fused-ring (bicyclic) bond motifs is 1. The summed E-state index contributed by atoms with van der Waals surface area (Å²) in [5, 5.41) is 0. The van der Waals surface area contributed by atoms with E-state index in [1.807, 2.05) is 23.1 Å². The molecule has 3 heterocycles. The third-order valence-corrected chi connectivity index (χ3v) is 5.30. The Morgan fingerprint density at radius 3 is 2.80 bits per heavy atom. The first-order valence-corrected chi connectivity index (χ1v) is 9.03. The number of hydrogen-bond acceptors (Lipinski definition) is 5. The van der Waals surface area contributed by atoms with Crippen molar-refractivity contribution in [2.45, 2.75) is 18.4 Å². The van der Waals surface area contributed by atoms with Gasteiger partial charge in [-0.2, -0.15) is 0 Å². The number of benzene rings is 1. The summed E-state index contributed by atoms with van der Waals surface area (Å²) in [4.78, 5) is 16.9. The number of likely N-dealkylation sites (tertiary alicyclic amines) is 1. The fourth-order valence-corrected chi connectivity index (χ4v) is 4.03. The smallest absolute Gasteiger partial charge is 0.257 e. The van der Waals surface area contributed by atoms with E-state index in [9.17, 15) is 4.79 Å². The molecule has 0 saturated carbocycles. The Kier molecular flexibility index (Phi) is 4.33. The molecule has 0 aliphatic carbocycles. The van der Waals surface area contributed by atoms with Crippen LogP contribution in [0, 0.1) is 5.92 Å². The standard InChI is InChI=1S/C19H26N2O4/c1-20(2)10-14-6-7-19(25-11-14)12-21(13-19)18(22)15-4-3-5-16-17(15)24-9-8-23-16/h3-5,14H,6-13H2,1-2H3/t14-/m1/s1. The molecule has 6 nitrogen and oxygen atoms in total. The van der Waals surface area contributed by atoms with Crippen molar-refractivity contribution < 1.29 is 19.0 Å². The Bertz CT molecular complexity index is 645. The minimum absolute atomic E-state index is 0.00647. The third-order valence-electron chi connectivity index (χ3n) is 5.30. The summed E-state index contributed by atoms with van der Waals surface area (Å²) in [6.45, 7) is 4.21. The molecular weight excluding hydrogens is 320 g/mol. The molecule has 0 radical (unpaired) electrons. The molecule has 1 atom stereocenters. The summed E-state index contributed by atoms with van der Waals surface area (Å²) >= 11 is 0. The second kappa shape index (κ2) is 6.50. The van der Waals surface area contributed by atoms with Crippen LogP contribution < -0.4 is 9.47 Å². The topological polar surface area (TPSA) is 51.2 Å². The second-order valence-electron chi connectivity index (χ2n) is 7.65. The Balaban J connectivity index is 1.38. The summed E-state index contributed by atoms with van der Waals surface area (Å²) in [5.41, 5.74) is 0.457. The first-order valence-electron chi connectivity index (χ1n) is 9.03. The molecule has 0 bridgehead atoms. The van der Waals surface area contributed by atoms with Gasteiger partial charge in [0.2, 0.25) is 0 Å². The monoisotopic (exact) mass is 346 g/mol. The van der Waals surface area contributed by atoms with Gasteiger partial charge in [0.15, 0.2) is 11.5 Å². The zero-order chi connectivity index (χ0) is 17.4. The van der Waals surface area contributed by atoms with Gasteiger partial charge >= 0.3 is 0 Å². The second-order valence-corrected chi connectivity index (χ2v) is 7.65. The van der Waals surface area contributed by atoms with Gasteiger partial charge in [-0.05, 0) is 45.0 Å². The first kappa shape index (κ1) is 16.7. The summed E-state index contributed by atoms with van der Waals surface area (Å²) in [7, 11) is 4.20. The predicted molar refractivity (Wildman–Crippen MR) is 93.3 cm³/mol. The maximum absolute atomic E-state index is 12.9. The number of amides is 1. The van der Waals surface area contributed by atoms with Gasteiger partial charge in [0.05, 0.1) is 25.3 Å². The van der Waals surface area contributed by atoms with Gasteiger partial charge in [-0.3, -0.25) is 4.79 Å². The molecule has 2 fully saturated rings. The van der Waals surface area contributed by atoms with E-state index in [4.69, 9.17) is 14.2 Å². The van der Waals surface area contributed by atoms with Gasteiger partial charge in [-0.25, -0.2) is 0 Å². The van der Waals surface area contributed by atoms with Gasteiger partial charge in [-0.15, -0.1) is 0 Å². The molecule has 4 rings (SSSR count). The summed E-state index contributed by atoms with van der Waals surface area (Å²) in [6, 6.07) is 5.51. The van der Waals surface area contributed by atoms with Crippen LogP contribution in [-0.4, -0.2) is 74.9 Å². The molecule has 1 amide bonds. The van der Waals surface area contributed by atoms with Crippen LogP contribution in [0.2, 0.25) is 0 Å². The van der Waals surface area contributed by atoms with E-state index >= 15 is 0 Å². The van der Waals surface area contributed by atoms with E-state index < -0.39 is 0 Å². The SMILES string of the molecule is CN(C)C[C@H]1CCC2(CN(C(=O)c3cccc4c3OCCO4)C2)OC1. The van der Waals surface area contributed by atoms with E-state index in [2.05, 4.69) is 19.0 Å². The fraction of sp³-hybridized carbons (Fsp3) is 0.632. The largest absolute Gasteiger partial charge is 0.486 e. The van der Waals surface area contributed by atoms with Gasteiger partial charge in [-0.1, -0.05) is 6.07 Å². The molecule has 0 unspecified atom stereocenters. The van der Waals surface area contributed by atoms with E-state index in [0.717, 1.165) is 26.0 Å². The summed E-state index contributed by atoms with van der Waals surface area (Å²) < 4.78 is 17.4. The van der Waals surface area contributed by atoms with Crippen LogP contribution in [0.25, 0.3) is 0 Å². The molecule has 0 N–H and O–H groups in total. The average molecular weight is 346 g/mol. The predicted octanol–water partition coefficient (Wildman–Crippen LogP) is 1.64. The lowest BCUT2D eigenvalue weighted by molar-refractivity contribution is -0.168. The number of hydrogen-bond donors (Lipinski definition) is 0. The van der Waals surface area contributed by atoms with E-state index in [0.29, 0.717) is 49.3 Å². The molecule has 1 spiro atoms. The lowest BCUT2D eigenvalue weighted by atomic mass is 9.82. The molecule has 3 aliphatic heterocycles. The molecule has 3 aliphatic rings. The van der Waals surface area contributed by atoms with E-state index in [1.54, 1.807) is 0 Å². The Labute approximate surface area is 148 Å². The normalized spacial score (nSPS) is 24.3. The molecule has 1 aromatic rings. The van der Waals surface area contributed by atoms with Crippen molar-refractivity contribution in [1.29, 1.82) is 0 Å². The minimum Gasteiger partial charge on any atom is -0.486 e. The lowest BCUT2D eigenvalue weighted by Crippen LogP contribution is -2.66. The number of carbonyl (C=O) groups excluding carboxylic acids is 1. The molecular formula is C19H26N2O4. The van der Waals surface area contributed by atoms with E-state index in [1.165, 1.54) is 0 Å². The Morgan fingerprint density at radius 2 is 2.08 bits per heavy atom. The van der Waals surface area contributed by atoms with E-state index in [-0.39, 0.29) is 11.5 Å². The summed E-state index contributed by atoms with van der Waals surface area (Å²) in [5.74, 6) is 1.84. The Morgan fingerprint density at radius 1 is 1.28 bits per heavy atom. The maximum atomic E-state index is 12.9. The number of carbonyl (C=O) groups is 1. The van der Waals surface area contributed by atoms with Crippen LogP contribution in [0.15, 0.2) is 18.2 Å². The number of nitrogens with zero attached hydrogens (tertiary/aromatic N) is 2. The highest BCUT2D eigenvalue weighted by molar-refractivity contribution is 5.98. The lowest BCUT2D eigenvalue weighted by Gasteiger charge is -2.53. The highest BCUT2D eigenvalue weighted by Crippen LogP contribution is 2.39. The van der Waals surface area contributed by atoms with Gasteiger partial charge in [0, 0.05) is 6.54 Å². The van der Waals surface area contributed by atoms with Crippen molar-refractivity contribution in [2.24, 2.45) is 5.92 Å². The van der Waals surface area contributed by atoms with Gasteiger partial charge < -0.3 is 24.0 Å². The van der Waals surface area contributed by atoms with Crippen LogP contribution in [0.5, 0.6) is 11.5 Å². The third kappa shape index (κ3) is 3.20. The quantitative estimate of drug-likeness (QED) is 0.833. The van der Waals surface area contributed by atoms with Crippen LogP contribution in [-0.2, 0) is 4.74 Å².